The standard InChI is InChI=1S/C29H20ClN3O4/c1-17-13-27(34)37-26-14-20(11-12-21(17)26)36-29-28-31-15-24(22-5-3-4-6-25(22)35-2)33(28)16-23(32-29)18-7-9-19(30)10-8-18/h3-16H,1-2H3. The van der Waals surface area contributed by atoms with Crippen LogP contribution in [-0.4, -0.2) is 21.5 Å². The van der Waals surface area contributed by atoms with Crippen molar-refractivity contribution in [3.8, 4) is 39.9 Å². The fourth-order valence-corrected chi connectivity index (χ4v) is 4.45. The number of halogens is 1. The molecule has 0 aliphatic heterocycles. The third-order valence-corrected chi connectivity index (χ3v) is 6.37. The predicted octanol–water partition coefficient (Wildman–Crippen LogP) is 6.93. The van der Waals surface area contributed by atoms with Crippen LogP contribution in [-0.2, 0) is 0 Å². The molecule has 37 heavy (non-hydrogen) atoms. The van der Waals surface area contributed by atoms with E-state index in [1.807, 2.05) is 78.2 Å². The van der Waals surface area contributed by atoms with E-state index in [1.165, 1.54) is 6.07 Å². The topological polar surface area (TPSA) is 78.9 Å². The minimum Gasteiger partial charge on any atom is -0.496 e. The van der Waals surface area contributed by atoms with E-state index in [2.05, 4.69) is 4.98 Å². The Balaban J connectivity index is 1.54. The summed E-state index contributed by atoms with van der Waals surface area (Å²) in [7, 11) is 1.64. The molecule has 3 aromatic heterocycles. The van der Waals surface area contributed by atoms with Crippen molar-refractivity contribution in [3.05, 3.63) is 106 Å². The second-order valence-corrected chi connectivity index (χ2v) is 8.92. The summed E-state index contributed by atoms with van der Waals surface area (Å²) in [6.45, 7) is 1.87. The molecule has 0 saturated heterocycles. The summed E-state index contributed by atoms with van der Waals surface area (Å²) in [5.74, 6) is 1.48. The Hall–Kier alpha value is -4.62. The van der Waals surface area contributed by atoms with Gasteiger partial charge in [0.25, 0.3) is 5.88 Å². The number of hydrogen-bond donors (Lipinski definition) is 0. The van der Waals surface area contributed by atoms with E-state index >= 15 is 0 Å². The van der Waals surface area contributed by atoms with E-state index in [0.29, 0.717) is 33.6 Å². The van der Waals surface area contributed by atoms with Gasteiger partial charge in [0, 0.05) is 39.9 Å². The van der Waals surface area contributed by atoms with Crippen LogP contribution in [0.2, 0.25) is 5.02 Å². The number of aryl methyl sites for hydroxylation is 1. The zero-order valence-corrected chi connectivity index (χ0v) is 20.7. The number of benzene rings is 3. The Labute approximate surface area is 216 Å². The molecule has 3 aromatic carbocycles. The molecule has 0 bridgehead atoms. The number of imidazole rings is 1. The molecule has 0 radical (unpaired) electrons. The molecular weight excluding hydrogens is 490 g/mol. The normalized spacial score (nSPS) is 11.2. The Kier molecular flexibility index (Phi) is 5.62. The van der Waals surface area contributed by atoms with Crippen LogP contribution in [0.5, 0.6) is 17.4 Å². The number of hydrogen-bond acceptors (Lipinski definition) is 6. The lowest BCUT2D eigenvalue weighted by Crippen LogP contribution is -2.00. The number of rotatable bonds is 5. The molecule has 7 nitrogen and oxygen atoms in total. The van der Waals surface area contributed by atoms with E-state index in [9.17, 15) is 4.79 Å². The fourth-order valence-electron chi connectivity index (χ4n) is 4.32. The smallest absolute Gasteiger partial charge is 0.336 e. The van der Waals surface area contributed by atoms with E-state index < -0.39 is 5.63 Å². The maximum Gasteiger partial charge on any atom is 0.336 e. The summed E-state index contributed by atoms with van der Waals surface area (Å²) in [4.78, 5) is 21.3. The second kappa shape index (κ2) is 9.11. The summed E-state index contributed by atoms with van der Waals surface area (Å²) < 4.78 is 19.2. The van der Waals surface area contributed by atoms with Crippen LogP contribution in [0.4, 0.5) is 0 Å². The molecule has 0 fully saturated rings. The second-order valence-electron chi connectivity index (χ2n) is 8.48. The van der Waals surface area contributed by atoms with Crippen LogP contribution >= 0.6 is 11.6 Å². The molecule has 0 atom stereocenters. The highest BCUT2D eigenvalue weighted by Crippen LogP contribution is 2.35. The quantitative estimate of drug-likeness (QED) is 0.234. The maximum atomic E-state index is 11.9. The van der Waals surface area contributed by atoms with E-state index in [4.69, 9.17) is 30.5 Å². The zero-order valence-electron chi connectivity index (χ0n) is 19.9. The third kappa shape index (κ3) is 4.19. The Morgan fingerprint density at radius 1 is 1.00 bits per heavy atom. The van der Waals surface area contributed by atoms with Crippen LogP contribution in [0.3, 0.4) is 0 Å². The first-order valence-electron chi connectivity index (χ1n) is 11.5. The van der Waals surface area contributed by atoms with Crippen molar-refractivity contribution in [3.63, 3.8) is 0 Å². The molecule has 182 valence electrons. The fraction of sp³-hybridized carbons (Fsp3) is 0.0690. The van der Waals surface area contributed by atoms with E-state index in [1.54, 1.807) is 19.4 Å². The van der Waals surface area contributed by atoms with Crippen LogP contribution in [0.15, 0.2) is 94.4 Å². The molecule has 6 aromatic rings. The molecule has 0 unspecified atom stereocenters. The summed E-state index contributed by atoms with van der Waals surface area (Å²) in [6.07, 6.45) is 3.67. The van der Waals surface area contributed by atoms with E-state index in [-0.39, 0.29) is 0 Å². The number of nitrogens with zero attached hydrogens (tertiary/aromatic N) is 3. The molecule has 0 aliphatic carbocycles. The number of ether oxygens (including phenoxy) is 2. The highest BCUT2D eigenvalue weighted by atomic mass is 35.5. The van der Waals surface area contributed by atoms with Crippen molar-refractivity contribution >= 4 is 28.2 Å². The van der Waals surface area contributed by atoms with Gasteiger partial charge in [-0.15, -0.1) is 0 Å². The van der Waals surface area contributed by atoms with Gasteiger partial charge < -0.3 is 13.9 Å². The van der Waals surface area contributed by atoms with Crippen LogP contribution in [0.25, 0.3) is 39.1 Å². The molecule has 6 rings (SSSR count). The summed E-state index contributed by atoms with van der Waals surface area (Å²) in [5, 5.41) is 1.46. The Bertz CT molecular complexity index is 1840. The Morgan fingerprint density at radius 2 is 1.81 bits per heavy atom. The molecule has 0 spiro atoms. The van der Waals surface area contributed by atoms with Crippen molar-refractivity contribution in [2.45, 2.75) is 6.92 Å². The maximum absolute atomic E-state index is 11.9. The summed E-state index contributed by atoms with van der Waals surface area (Å²) >= 11 is 6.12. The average molecular weight is 510 g/mol. The first-order valence-corrected chi connectivity index (χ1v) is 11.9. The van der Waals surface area contributed by atoms with Crippen molar-refractivity contribution < 1.29 is 13.9 Å². The molecule has 3 heterocycles. The number of para-hydroxylation sites is 1. The molecule has 0 saturated carbocycles. The SMILES string of the molecule is COc1ccccc1-c1cnc2c(Oc3ccc4c(C)cc(=O)oc4c3)nc(-c3ccc(Cl)cc3)cn12. The highest BCUT2D eigenvalue weighted by Gasteiger charge is 2.18. The zero-order chi connectivity index (χ0) is 25.5. The highest BCUT2D eigenvalue weighted by molar-refractivity contribution is 6.30. The minimum atomic E-state index is -0.415. The van der Waals surface area contributed by atoms with Crippen LogP contribution in [0.1, 0.15) is 5.56 Å². The van der Waals surface area contributed by atoms with Gasteiger partial charge in [-0.25, -0.2) is 14.8 Å². The number of methoxy groups -OCH3 is 1. The van der Waals surface area contributed by atoms with Gasteiger partial charge in [0.05, 0.1) is 24.7 Å². The van der Waals surface area contributed by atoms with Crippen LogP contribution in [0, 0.1) is 6.92 Å². The number of aromatic nitrogens is 3. The van der Waals surface area contributed by atoms with Gasteiger partial charge in [-0.3, -0.25) is 4.40 Å². The van der Waals surface area contributed by atoms with Crippen LogP contribution < -0.4 is 15.1 Å². The first kappa shape index (κ1) is 22.8. The summed E-state index contributed by atoms with van der Waals surface area (Å²) in [5.41, 5.74) is 4.58. The minimum absolute atomic E-state index is 0.294. The monoisotopic (exact) mass is 509 g/mol. The van der Waals surface area contributed by atoms with Gasteiger partial charge in [-0.1, -0.05) is 35.9 Å². The van der Waals surface area contributed by atoms with Crippen molar-refractivity contribution in [2.24, 2.45) is 0 Å². The van der Waals surface area contributed by atoms with Crippen molar-refractivity contribution in [1.82, 2.24) is 14.4 Å². The molecule has 0 N–H and O–H groups in total. The lowest BCUT2D eigenvalue weighted by Gasteiger charge is -2.12. The van der Waals surface area contributed by atoms with Gasteiger partial charge in [-0.2, -0.15) is 0 Å². The lowest BCUT2D eigenvalue weighted by atomic mass is 10.1. The number of fused-ring (bicyclic) bond motifs is 2. The Morgan fingerprint density at radius 3 is 2.62 bits per heavy atom. The molecule has 0 amide bonds. The third-order valence-electron chi connectivity index (χ3n) is 6.12. The average Bonchev–Trinajstić information content (AvgIpc) is 3.33. The predicted molar refractivity (Wildman–Crippen MR) is 143 cm³/mol. The molecular formula is C29H20ClN3O4. The van der Waals surface area contributed by atoms with Gasteiger partial charge in [0.2, 0.25) is 5.65 Å². The first-order chi connectivity index (χ1) is 18.0. The molecule has 0 aliphatic rings. The van der Waals surface area contributed by atoms with Crippen molar-refractivity contribution in [2.75, 3.05) is 7.11 Å². The summed E-state index contributed by atoms with van der Waals surface area (Å²) in [6, 6.07) is 22.0. The van der Waals surface area contributed by atoms with Gasteiger partial charge in [0.15, 0.2) is 0 Å². The van der Waals surface area contributed by atoms with Crippen molar-refractivity contribution in [1.29, 1.82) is 0 Å². The molecule has 8 heteroatoms. The van der Waals surface area contributed by atoms with Gasteiger partial charge >= 0.3 is 5.63 Å². The lowest BCUT2D eigenvalue weighted by molar-refractivity contribution is 0.416. The van der Waals surface area contributed by atoms with Gasteiger partial charge in [-0.05, 0) is 48.9 Å². The van der Waals surface area contributed by atoms with E-state index in [0.717, 1.165) is 33.5 Å². The van der Waals surface area contributed by atoms with Gasteiger partial charge in [0.1, 0.15) is 17.1 Å². The largest absolute Gasteiger partial charge is 0.496 e.